The van der Waals surface area contributed by atoms with Crippen LogP contribution < -0.4 is 16.4 Å². The number of pyridine rings is 1. The van der Waals surface area contributed by atoms with E-state index in [1.54, 1.807) is 36.4 Å². The molecule has 0 aliphatic heterocycles. The van der Waals surface area contributed by atoms with Crippen LogP contribution in [0.25, 0.3) is 28.0 Å². The van der Waals surface area contributed by atoms with Gasteiger partial charge in [-0.15, -0.1) is 0 Å². The zero-order chi connectivity index (χ0) is 29.5. The van der Waals surface area contributed by atoms with Gasteiger partial charge in [0.05, 0.1) is 28.7 Å². The SMILES string of the molecule is Cn1ncc2c(NC3C=C(c4ccc(N)cc4)C=CC3(C)Nc3cccc(C(F)(F)F)c3)nc(-c3cccnc3)nc21. The summed E-state index contributed by atoms with van der Waals surface area (Å²) in [6.45, 7) is 1.92. The Labute approximate surface area is 239 Å². The molecule has 3 aromatic heterocycles. The number of benzene rings is 2. The van der Waals surface area contributed by atoms with Crippen molar-refractivity contribution in [1.29, 1.82) is 0 Å². The van der Waals surface area contributed by atoms with E-state index in [0.29, 0.717) is 34.1 Å². The van der Waals surface area contributed by atoms with Crippen LogP contribution in [0.5, 0.6) is 0 Å². The second-order valence-electron chi connectivity index (χ2n) is 10.3. The zero-order valence-electron chi connectivity index (χ0n) is 22.8. The summed E-state index contributed by atoms with van der Waals surface area (Å²) in [6.07, 6.45) is 6.50. The Balaban J connectivity index is 1.44. The molecule has 3 heterocycles. The molecule has 0 saturated carbocycles. The lowest BCUT2D eigenvalue weighted by Gasteiger charge is -2.39. The van der Waals surface area contributed by atoms with E-state index in [9.17, 15) is 13.2 Å². The first kappa shape index (κ1) is 27.0. The lowest BCUT2D eigenvalue weighted by Crippen LogP contribution is -2.49. The number of halogens is 3. The van der Waals surface area contributed by atoms with Crippen LogP contribution in [0.15, 0.2) is 97.5 Å². The Morgan fingerprint density at radius 1 is 0.976 bits per heavy atom. The number of fused-ring (bicyclic) bond motifs is 1. The van der Waals surface area contributed by atoms with E-state index in [1.165, 1.54) is 6.07 Å². The van der Waals surface area contributed by atoms with Crippen molar-refractivity contribution < 1.29 is 13.2 Å². The topological polar surface area (TPSA) is 107 Å². The summed E-state index contributed by atoms with van der Waals surface area (Å²) in [7, 11) is 1.80. The van der Waals surface area contributed by atoms with Gasteiger partial charge < -0.3 is 16.4 Å². The minimum Gasteiger partial charge on any atom is -0.399 e. The summed E-state index contributed by atoms with van der Waals surface area (Å²) < 4.78 is 42.2. The number of nitrogens with two attached hydrogens (primary N) is 1. The molecule has 1 aliphatic carbocycles. The number of allylic oxidation sites excluding steroid dienone is 2. The van der Waals surface area contributed by atoms with E-state index in [4.69, 9.17) is 15.7 Å². The number of rotatable bonds is 6. The van der Waals surface area contributed by atoms with Gasteiger partial charge in [0.1, 0.15) is 5.82 Å². The molecule has 0 spiro atoms. The molecule has 5 aromatic rings. The van der Waals surface area contributed by atoms with Crippen molar-refractivity contribution in [3.05, 3.63) is 109 Å². The molecule has 42 heavy (non-hydrogen) atoms. The van der Waals surface area contributed by atoms with Gasteiger partial charge in [-0.3, -0.25) is 9.67 Å². The average Bonchev–Trinajstić information content (AvgIpc) is 3.35. The Bertz CT molecular complexity index is 1810. The fourth-order valence-corrected chi connectivity index (χ4v) is 4.94. The molecular formula is C31H27F3N8. The van der Waals surface area contributed by atoms with E-state index in [1.807, 2.05) is 61.5 Å². The number of aryl methyl sites for hydroxylation is 1. The van der Waals surface area contributed by atoms with Crippen molar-refractivity contribution in [3.8, 4) is 11.4 Å². The van der Waals surface area contributed by atoms with Crippen molar-refractivity contribution >= 4 is 33.8 Å². The summed E-state index contributed by atoms with van der Waals surface area (Å²) in [6, 6.07) is 15.9. The number of aromatic nitrogens is 5. The van der Waals surface area contributed by atoms with E-state index in [-0.39, 0.29) is 0 Å². The lowest BCUT2D eigenvalue weighted by atomic mass is 9.83. The fraction of sp³-hybridized carbons (Fsp3) is 0.161. The van der Waals surface area contributed by atoms with Gasteiger partial charge in [0.2, 0.25) is 0 Å². The maximum absolute atomic E-state index is 13.5. The smallest absolute Gasteiger partial charge is 0.399 e. The molecule has 4 N–H and O–H groups in total. The lowest BCUT2D eigenvalue weighted by molar-refractivity contribution is -0.137. The first-order valence-electron chi connectivity index (χ1n) is 13.2. The van der Waals surface area contributed by atoms with Crippen LogP contribution in [0.2, 0.25) is 0 Å². The summed E-state index contributed by atoms with van der Waals surface area (Å²) in [5, 5.41) is 12.0. The molecule has 2 aromatic carbocycles. The van der Waals surface area contributed by atoms with Crippen LogP contribution in [0, 0.1) is 0 Å². The molecule has 0 bridgehead atoms. The number of nitrogens with one attached hydrogen (secondary N) is 2. The van der Waals surface area contributed by atoms with E-state index >= 15 is 0 Å². The van der Waals surface area contributed by atoms with Gasteiger partial charge >= 0.3 is 6.18 Å². The Morgan fingerprint density at radius 2 is 1.79 bits per heavy atom. The van der Waals surface area contributed by atoms with Gasteiger partial charge in [0.25, 0.3) is 0 Å². The second kappa shape index (κ2) is 10.3. The first-order chi connectivity index (χ1) is 20.1. The second-order valence-corrected chi connectivity index (χ2v) is 10.3. The molecule has 8 nitrogen and oxygen atoms in total. The van der Waals surface area contributed by atoms with Gasteiger partial charge in [-0.2, -0.15) is 18.3 Å². The molecule has 0 amide bonds. The van der Waals surface area contributed by atoms with Crippen LogP contribution in [-0.2, 0) is 13.2 Å². The third-order valence-electron chi connectivity index (χ3n) is 7.25. The average molecular weight is 569 g/mol. The minimum atomic E-state index is -4.46. The highest BCUT2D eigenvalue weighted by Gasteiger charge is 2.36. The third-order valence-corrected chi connectivity index (χ3v) is 7.25. The number of alkyl halides is 3. The molecule has 11 heteroatoms. The maximum atomic E-state index is 13.5. The summed E-state index contributed by atoms with van der Waals surface area (Å²) in [5.74, 6) is 0.987. The van der Waals surface area contributed by atoms with Crippen molar-refractivity contribution in [3.63, 3.8) is 0 Å². The van der Waals surface area contributed by atoms with E-state index in [0.717, 1.165) is 28.8 Å². The van der Waals surface area contributed by atoms with Crippen LogP contribution >= 0.6 is 0 Å². The summed E-state index contributed by atoms with van der Waals surface area (Å²) in [5.41, 5.74) is 8.50. The first-order valence-corrected chi connectivity index (χ1v) is 13.2. The third kappa shape index (κ3) is 5.28. The molecule has 2 atom stereocenters. The Hall–Kier alpha value is -5.19. The van der Waals surface area contributed by atoms with E-state index in [2.05, 4.69) is 20.7 Å². The molecule has 0 saturated heterocycles. The highest BCUT2D eigenvalue weighted by molar-refractivity contribution is 5.89. The molecule has 6 rings (SSSR count). The molecular weight excluding hydrogens is 541 g/mol. The van der Waals surface area contributed by atoms with Crippen molar-refractivity contribution in [2.24, 2.45) is 7.05 Å². The van der Waals surface area contributed by atoms with Crippen LogP contribution in [0.4, 0.5) is 30.4 Å². The quantitative estimate of drug-likeness (QED) is 0.206. The predicted octanol–water partition coefficient (Wildman–Crippen LogP) is 6.33. The number of nitrogens with zero attached hydrogens (tertiary/aromatic N) is 5. The highest BCUT2D eigenvalue weighted by Crippen LogP contribution is 2.36. The van der Waals surface area contributed by atoms with Crippen LogP contribution in [0.1, 0.15) is 18.1 Å². The van der Waals surface area contributed by atoms with Crippen LogP contribution in [-0.4, -0.2) is 36.3 Å². The number of hydrogen-bond donors (Lipinski definition) is 3. The largest absolute Gasteiger partial charge is 0.416 e. The molecule has 0 radical (unpaired) electrons. The van der Waals surface area contributed by atoms with E-state index < -0.39 is 23.3 Å². The zero-order valence-corrected chi connectivity index (χ0v) is 22.8. The maximum Gasteiger partial charge on any atom is 0.416 e. The monoisotopic (exact) mass is 568 g/mol. The predicted molar refractivity (Wildman–Crippen MR) is 158 cm³/mol. The van der Waals surface area contributed by atoms with Gasteiger partial charge in [-0.05, 0) is 60.5 Å². The van der Waals surface area contributed by atoms with Gasteiger partial charge in [-0.1, -0.05) is 36.4 Å². The highest BCUT2D eigenvalue weighted by atomic mass is 19.4. The number of anilines is 3. The molecule has 212 valence electrons. The molecule has 2 unspecified atom stereocenters. The van der Waals surface area contributed by atoms with Gasteiger partial charge in [-0.25, -0.2) is 9.97 Å². The summed E-state index contributed by atoms with van der Waals surface area (Å²) in [4.78, 5) is 13.8. The standard InChI is InChI=1S/C31H27F3N8/c1-30(41-24-7-3-6-22(16-24)31(32,33)34)13-12-20(19-8-10-23(35)11-9-19)15-26(30)38-28-25-18-37-42(2)29(25)40-27(39-28)21-5-4-14-36-17-21/h3-18,26,41H,35H2,1-2H3,(H,38,39,40). The molecule has 1 aliphatic rings. The van der Waals surface area contributed by atoms with Gasteiger partial charge in [0, 0.05) is 36.4 Å². The number of hydrogen-bond acceptors (Lipinski definition) is 7. The molecule has 0 fully saturated rings. The van der Waals surface area contributed by atoms with Crippen molar-refractivity contribution in [2.45, 2.75) is 24.7 Å². The van der Waals surface area contributed by atoms with Gasteiger partial charge in [0.15, 0.2) is 11.5 Å². The number of nitrogen functional groups attached to an aromatic ring is 1. The fourth-order valence-electron chi connectivity index (χ4n) is 4.94. The summed E-state index contributed by atoms with van der Waals surface area (Å²) >= 11 is 0. The minimum absolute atomic E-state index is 0.332. The van der Waals surface area contributed by atoms with Crippen LogP contribution in [0.3, 0.4) is 0 Å². The Kier molecular flexibility index (Phi) is 6.64. The normalized spacial score (nSPS) is 18.6. The van der Waals surface area contributed by atoms with Crippen molar-refractivity contribution in [1.82, 2.24) is 24.7 Å². The Morgan fingerprint density at radius 3 is 2.52 bits per heavy atom. The van der Waals surface area contributed by atoms with Crippen molar-refractivity contribution in [2.75, 3.05) is 16.4 Å².